The molecule has 0 aromatic heterocycles. The van der Waals surface area contributed by atoms with Crippen molar-refractivity contribution in [2.24, 2.45) is 5.92 Å². The van der Waals surface area contributed by atoms with Crippen LogP contribution in [0.3, 0.4) is 0 Å². The summed E-state index contributed by atoms with van der Waals surface area (Å²) in [6.07, 6.45) is 7.02. The molecule has 0 bridgehead atoms. The van der Waals surface area contributed by atoms with Crippen LogP contribution in [-0.4, -0.2) is 0 Å². The third kappa shape index (κ3) is 1.54. The lowest BCUT2D eigenvalue weighted by atomic mass is 9.65. The van der Waals surface area contributed by atoms with Crippen molar-refractivity contribution < 1.29 is 0 Å². The third-order valence-corrected chi connectivity index (χ3v) is 5.68. The molecule has 0 atom stereocenters. The highest BCUT2D eigenvalue weighted by Gasteiger charge is 2.44. The Morgan fingerprint density at radius 1 is 0.750 bits per heavy atom. The SMILES string of the molecule is CC1(C2CCCCC2)c2ccccc2-c2ccccc21. The van der Waals surface area contributed by atoms with Gasteiger partial charge in [-0.15, -0.1) is 0 Å². The van der Waals surface area contributed by atoms with Crippen molar-refractivity contribution in [3.8, 4) is 11.1 Å². The molecule has 1 saturated carbocycles. The first-order valence-corrected chi connectivity index (χ1v) is 8.01. The van der Waals surface area contributed by atoms with E-state index in [0.717, 1.165) is 5.92 Å². The Labute approximate surface area is 121 Å². The minimum Gasteiger partial charge on any atom is -0.0619 e. The number of hydrogen-bond acceptors (Lipinski definition) is 0. The quantitative estimate of drug-likeness (QED) is 0.631. The van der Waals surface area contributed by atoms with Gasteiger partial charge in [-0.25, -0.2) is 0 Å². The van der Waals surface area contributed by atoms with Gasteiger partial charge in [0.05, 0.1) is 0 Å². The molecule has 1 fully saturated rings. The van der Waals surface area contributed by atoms with Crippen LogP contribution in [0.2, 0.25) is 0 Å². The minimum atomic E-state index is 0.230. The maximum Gasteiger partial charge on any atom is 0.0215 e. The molecule has 0 nitrogen and oxygen atoms in total. The van der Waals surface area contributed by atoms with Crippen LogP contribution in [0.25, 0.3) is 11.1 Å². The summed E-state index contributed by atoms with van der Waals surface area (Å²) in [5, 5.41) is 0. The van der Waals surface area contributed by atoms with Gasteiger partial charge in [0.25, 0.3) is 0 Å². The second kappa shape index (κ2) is 4.48. The zero-order valence-corrected chi connectivity index (χ0v) is 12.2. The van der Waals surface area contributed by atoms with Gasteiger partial charge in [-0.05, 0) is 41.0 Å². The Kier molecular flexibility index (Phi) is 2.73. The fourth-order valence-corrected chi connectivity index (χ4v) is 4.61. The van der Waals surface area contributed by atoms with Gasteiger partial charge in [0.2, 0.25) is 0 Å². The van der Waals surface area contributed by atoms with Crippen molar-refractivity contribution in [2.45, 2.75) is 44.4 Å². The van der Waals surface area contributed by atoms with E-state index in [1.807, 2.05) is 0 Å². The van der Waals surface area contributed by atoms with Crippen LogP contribution < -0.4 is 0 Å². The van der Waals surface area contributed by atoms with Crippen LogP contribution in [0.5, 0.6) is 0 Å². The molecular weight excluding hydrogens is 240 g/mol. The lowest BCUT2D eigenvalue weighted by molar-refractivity contribution is 0.258. The average Bonchev–Trinajstić information content (AvgIpc) is 2.80. The molecule has 102 valence electrons. The monoisotopic (exact) mass is 262 g/mol. The van der Waals surface area contributed by atoms with Gasteiger partial charge in [0, 0.05) is 5.41 Å². The second-order valence-electron chi connectivity index (χ2n) is 6.63. The first-order valence-electron chi connectivity index (χ1n) is 8.01. The Morgan fingerprint density at radius 3 is 1.80 bits per heavy atom. The lowest BCUT2D eigenvalue weighted by Gasteiger charge is -2.39. The molecular formula is C20H22. The van der Waals surface area contributed by atoms with Gasteiger partial charge in [0.15, 0.2) is 0 Å². The van der Waals surface area contributed by atoms with Gasteiger partial charge in [-0.1, -0.05) is 74.7 Å². The summed E-state index contributed by atoms with van der Waals surface area (Å²) in [5.74, 6) is 0.807. The van der Waals surface area contributed by atoms with Crippen LogP contribution >= 0.6 is 0 Å². The van der Waals surface area contributed by atoms with Crippen molar-refractivity contribution in [3.05, 3.63) is 59.7 Å². The molecule has 4 rings (SSSR count). The summed E-state index contributed by atoms with van der Waals surface area (Å²) >= 11 is 0. The standard InChI is InChI=1S/C20H22/c1-20(15-9-3-2-4-10-15)18-13-7-5-11-16(18)17-12-6-8-14-19(17)20/h5-8,11-15H,2-4,9-10H2,1H3. The molecule has 0 heteroatoms. The predicted octanol–water partition coefficient (Wildman–Crippen LogP) is 5.55. The molecule has 0 unspecified atom stereocenters. The highest BCUT2D eigenvalue weighted by Crippen LogP contribution is 2.55. The molecule has 0 saturated heterocycles. The topological polar surface area (TPSA) is 0 Å². The number of hydrogen-bond donors (Lipinski definition) is 0. The van der Waals surface area contributed by atoms with Gasteiger partial charge in [-0.2, -0.15) is 0 Å². The lowest BCUT2D eigenvalue weighted by Crippen LogP contribution is -2.32. The number of fused-ring (bicyclic) bond motifs is 3. The van der Waals surface area contributed by atoms with Gasteiger partial charge < -0.3 is 0 Å². The highest BCUT2D eigenvalue weighted by molar-refractivity contribution is 5.80. The van der Waals surface area contributed by atoms with E-state index in [0.29, 0.717) is 0 Å². The second-order valence-corrected chi connectivity index (χ2v) is 6.63. The van der Waals surface area contributed by atoms with Crippen LogP contribution in [0.1, 0.15) is 50.2 Å². The van der Waals surface area contributed by atoms with E-state index >= 15 is 0 Å². The Morgan fingerprint density at radius 2 is 1.25 bits per heavy atom. The molecule has 2 aliphatic carbocycles. The van der Waals surface area contributed by atoms with E-state index in [-0.39, 0.29) is 5.41 Å². The van der Waals surface area contributed by atoms with Crippen LogP contribution in [-0.2, 0) is 5.41 Å². The van der Waals surface area contributed by atoms with Crippen molar-refractivity contribution in [1.82, 2.24) is 0 Å². The molecule has 20 heavy (non-hydrogen) atoms. The van der Waals surface area contributed by atoms with Gasteiger partial charge >= 0.3 is 0 Å². The Hall–Kier alpha value is -1.56. The van der Waals surface area contributed by atoms with Crippen LogP contribution in [0.15, 0.2) is 48.5 Å². The van der Waals surface area contributed by atoms with E-state index in [1.54, 1.807) is 11.1 Å². The zero-order valence-electron chi connectivity index (χ0n) is 12.2. The summed E-state index contributed by atoms with van der Waals surface area (Å²) in [6.45, 7) is 2.49. The first-order chi connectivity index (χ1) is 9.82. The molecule has 2 aliphatic rings. The summed E-state index contributed by atoms with van der Waals surface area (Å²) in [7, 11) is 0. The Balaban J connectivity index is 1.94. The summed E-state index contributed by atoms with van der Waals surface area (Å²) in [6, 6.07) is 18.1. The van der Waals surface area contributed by atoms with E-state index in [4.69, 9.17) is 0 Å². The number of benzene rings is 2. The fourth-order valence-electron chi connectivity index (χ4n) is 4.61. The van der Waals surface area contributed by atoms with E-state index in [1.165, 1.54) is 43.2 Å². The van der Waals surface area contributed by atoms with Gasteiger partial charge in [-0.3, -0.25) is 0 Å². The molecule has 0 heterocycles. The van der Waals surface area contributed by atoms with Crippen molar-refractivity contribution >= 4 is 0 Å². The van der Waals surface area contributed by atoms with Crippen molar-refractivity contribution in [1.29, 1.82) is 0 Å². The third-order valence-electron chi connectivity index (χ3n) is 5.68. The summed E-state index contributed by atoms with van der Waals surface area (Å²) in [4.78, 5) is 0. The minimum absolute atomic E-state index is 0.230. The van der Waals surface area contributed by atoms with Crippen molar-refractivity contribution in [3.63, 3.8) is 0 Å². The summed E-state index contributed by atoms with van der Waals surface area (Å²) < 4.78 is 0. The predicted molar refractivity (Wildman–Crippen MR) is 84.9 cm³/mol. The van der Waals surface area contributed by atoms with Crippen LogP contribution in [0.4, 0.5) is 0 Å². The van der Waals surface area contributed by atoms with E-state index < -0.39 is 0 Å². The van der Waals surface area contributed by atoms with Gasteiger partial charge in [0.1, 0.15) is 0 Å². The maximum absolute atomic E-state index is 2.49. The molecule has 0 aliphatic heterocycles. The highest BCUT2D eigenvalue weighted by atomic mass is 14.5. The van der Waals surface area contributed by atoms with E-state index in [2.05, 4.69) is 55.5 Å². The van der Waals surface area contributed by atoms with Crippen LogP contribution in [0, 0.1) is 5.92 Å². The molecule has 0 spiro atoms. The average molecular weight is 262 g/mol. The van der Waals surface area contributed by atoms with E-state index in [9.17, 15) is 0 Å². The number of rotatable bonds is 1. The largest absolute Gasteiger partial charge is 0.0619 e. The molecule has 0 radical (unpaired) electrons. The molecule has 2 aromatic carbocycles. The zero-order chi connectivity index (χ0) is 13.6. The smallest absolute Gasteiger partial charge is 0.0215 e. The normalized spacial score (nSPS) is 20.4. The summed E-state index contributed by atoms with van der Waals surface area (Å²) in [5.41, 5.74) is 6.29. The first kappa shape index (κ1) is 12.2. The molecule has 0 amide bonds. The molecule has 0 N–H and O–H groups in total. The Bertz CT molecular complexity index is 586. The maximum atomic E-state index is 2.49. The van der Waals surface area contributed by atoms with Crippen molar-refractivity contribution in [2.75, 3.05) is 0 Å². The fraction of sp³-hybridized carbons (Fsp3) is 0.400. The molecule has 2 aromatic rings.